The van der Waals surface area contributed by atoms with Crippen LogP contribution >= 0.6 is 0 Å². The van der Waals surface area contributed by atoms with Crippen molar-refractivity contribution in [1.82, 2.24) is 15.3 Å². The zero-order chi connectivity index (χ0) is 18.7. The highest BCUT2D eigenvalue weighted by atomic mass is 16.5. The van der Waals surface area contributed by atoms with Crippen LogP contribution in [-0.2, 0) is 11.2 Å². The summed E-state index contributed by atoms with van der Waals surface area (Å²) in [6, 6.07) is 1.17. The van der Waals surface area contributed by atoms with Gasteiger partial charge in [0.1, 0.15) is 11.6 Å². The van der Waals surface area contributed by atoms with Crippen molar-refractivity contribution < 1.29 is 4.74 Å². The van der Waals surface area contributed by atoms with Crippen LogP contribution in [0.1, 0.15) is 76.1 Å². The third-order valence-corrected chi connectivity index (χ3v) is 6.72. The van der Waals surface area contributed by atoms with Crippen molar-refractivity contribution in [2.45, 2.75) is 95.7 Å². The number of rotatable bonds is 5. The summed E-state index contributed by atoms with van der Waals surface area (Å²) < 4.78 is 6.29. The topological polar surface area (TPSA) is 50.3 Å². The van der Waals surface area contributed by atoms with E-state index in [2.05, 4.69) is 22.1 Å². The van der Waals surface area contributed by atoms with Crippen molar-refractivity contribution >= 4 is 5.82 Å². The number of nitrogens with zero attached hydrogens (tertiary/aromatic N) is 3. The maximum Gasteiger partial charge on any atom is 0.135 e. The first-order valence-electron chi connectivity index (χ1n) is 11.1. The molecule has 2 aliphatic heterocycles. The van der Waals surface area contributed by atoms with Gasteiger partial charge in [-0.25, -0.2) is 9.97 Å². The number of hydrogen-bond donors (Lipinski definition) is 1. The molecular formula is C22H36N4O. The Morgan fingerprint density at radius 3 is 2.70 bits per heavy atom. The Labute approximate surface area is 164 Å². The normalized spacial score (nSPS) is 26.0. The second kappa shape index (κ2) is 8.44. The van der Waals surface area contributed by atoms with Crippen molar-refractivity contribution in [2.24, 2.45) is 0 Å². The second-order valence-corrected chi connectivity index (χ2v) is 8.90. The molecule has 150 valence electrons. The summed E-state index contributed by atoms with van der Waals surface area (Å²) in [6.45, 7) is 7.30. The zero-order valence-corrected chi connectivity index (χ0v) is 17.2. The van der Waals surface area contributed by atoms with E-state index in [9.17, 15) is 0 Å². The first kappa shape index (κ1) is 19.1. The van der Waals surface area contributed by atoms with Gasteiger partial charge in [-0.1, -0.05) is 32.6 Å². The van der Waals surface area contributed by atoms with Gasteiger partial charge in [0.05, 0.1) is 12.2 Å². The summed E-state index contributed by atoms with van der Waals surface area (Å²) in [6.07, 6.45) is 14.5. The molecule has 1 atom stereocenters. The fourth-order valence-electron chi connectivity index (χ4n) is 5.29. The van der Waals surface area contributed by atoms with E-state index in [1.54, 1.807) is 0 Å². The SMILES string of the molecule is CCCc1cnc(C)nc1N1CCC(N[C@H]2COC3(CCCCC3)C2)CC1. The molecule has 0 bridgehead atoms. The highest BCUT2D eigenvalue weighted by Gasteiger charge is 2.41. The zero-order valence-electron chi connectivity index (χ0n) is 17.2. The lowest BCUT2D eigenvalue weighted by Gasteiger charge is -2.36. The molecule has 1 aromatic heterocycles. The van der Waals surface area contributed by atoms with Crippen LogP contribution in [0.5, 0.6) is 0 Å². The summed E-state index contributed by atoms with van der Waals surface area (Å²) in [5.74, 6) is 2.05. The standard InChI is InChI=1S/C22H36N4O/c1-3-7-18-15-23-17(2)24-21(18)26-12-8-19(9-13-26)25-20-14-22(27-16-20)10-5-4-6-11-22/h15,19-20,25H,3-14,16H2,1-2H3/t20-/m1/s1. The second-order valence-electron chi connectivity index (χ2n) is 8.90. The van der Waals surface area contributed by atoms with Gasteiger partial charge in [-0.2, -0.15) is 0 Å². The number of ether oxygens (including phenoxy) is 1. The van der Waals surface area contributed by atoms with E-state index in [0.29, 0.717) is 12.1 Å². The first-order chi connectivity index (χ1) is 13.2. The lowest BCUT2D eigenvalue weighted by molar-refractivity contribution is -0.0246. The minimum atomic E-state index is 0.212. The summed E-state index contributed by atoms with van der Waals surface area (Å²) >= 11 is 0. The van der Waals surface area contributed by atoms with Gasteiger partial charge in [0, 0.05) is 36.9 Å². The van der Waals surface area contributed by atoms with E-state index < -0.39 is 0 Å². The molecular weight excluding hydrogens is 336 g/mol. The van der Waals surface area contributed by atoms with E-state index in [1.807, 2.05) is 13.1 Å². The number of aromatic nitrogens is 2. The summed E-state index contributed by atoms with van der Waals surface area (Å²) in [5.41, 5.74) is 1.52. The first-order valence-corrected chi connectivity index (χ1v) is 11.1. The minimum absolute atomic E-state index is 0.212. The van der Waals surface area contributed by atoms with E-state index in [4.69, 9.17) is 9.72 Å². The van der Waals surface area contributed by atoms with Crippen LogP contribution in [0.15, 0.2) is 6.20 Å². The van der Waals surface area contributed by atoms with Crippen LogP contribution in [0.2, 0.25) is 0 Å². The smallest absolute Gasteiger partial charge is 0.135 e. The fourth-order valence-corrected chi connectivity index (χ4v) is 5.29. The van der Waals surface area contributed by atoms with E-state index >= 15 is 0 Å². The molecule has 27 heavy (non-hydrogen) atoms. The lowest BCUT2D eigenvalue weighted by atomic mass is 9.82. The van der Waals surface area contributed by atoms with Gasteiger partial charge in [-0.05, 0) is 45.4 Å². The summed E-state index contributed by atoms with van der Waals surface area (Å²) in [5, 5.41) is 3.93. The highest BCUT2D eigenvalue weighted by Crippen LogP contribution is 2.39. The molecule has 0 radical (unpaired) electrons. The Balaban J connectivity index is 1.30. The lowest BCUT2D eigenvalue weighted by Crippen LogP contribution is -2.47. The predicted octanol–water partition coefficient (Wildman–Crippen LogP) is 3.79. The van der Waals surface area contributed by atoms with Crippen LogP contribution in [0.3, 0.4) is 0 Å². The minimum Gasteiger partial charge on any atom is -0.373 e. The monoisotopic (exact) mass is 372 g/mol. The summed E-state index contributed by atoms with van der Waals surface area (Å²) in [4.78, 5) is 11.7. The van der Waals surface area contributed by atoms with E-state index in [1.165, 1.54) is 62.7 Å². The molecule has 1 aliphatic carbocycles. The molecule has 1 saturated carbocycles. The van der Waals surface area contributed by atoms with Gasteiger partial charge >= 0.3 is 0 Å². The van der Waals surface area contributed by atoms with Crippen molar-refractivity contribution in [3.63, 3.8) is 0 Å². The van der Waals surface area contributed by atoms with Crippen LogP contribution in [0.25, 0.3) is 0 Å². The summed E-state index contributed by atoms with van der Waals surface area (Å²) in [7, 11) is 0. The third kappa shape index (κ3) is 4.45. The average Bonchev–Trinajstić information content (AvgIpc) is 3.06. The molecule has 0 aromatic carbocycles. The fraction of sp³-hybridized carbons (Fsp3) is 0.818. The van der Waals surface area contributed by atoms with Gasteiger partial charge in [-0.3, -0.25) is 0 Å². The van der Waals surface area contributed by atoms with Crippen molar-refractivity contribution in [3.05, 3.63) is 17.6 Å². The molecule has 4 rings (SSSR count). The number of anilines is 1. The number of piperidine rings is 1. The molecule has 1 N–H and O–H groups in total. The maximum atomic E-state index is 6.29. The van der Waals surface area contributed by atoms with Crippen LogP contribution in [0, 0.1) is 6.92 Å². The molecule has 3 fully saturated rings. The van der Waals surface area contributed by atoms with Gasteiger partial charge in [0.2, 0.25) is 0 Å². The number of hydrogen-bond acceptors (Lipinski definition) is 5. The molecule has 1 spiro atoms. The van der Waals surface area contributed by atoms with Crippen molar-refractivity contribution in [2.75, 3.05) is 24.6 Å². The molecule has 1 aromatic rings. The van der Waals surface area contributed by atoms with E-state index in [-0.39, 0.29) is 5.60 Å². The van der Waals surface area contributed by atoms with Crippen molar-refractivity contribution in [1.29, 1.82) is 0 Å². The van der Waals surface area contributed by atoms with Crippen molar-refractivity contribution in [3.8, 4) is 0 Å². The molecule has 5 heteroatoms. The van der Waals surface area contributed by atoms with Gasteiger partial charge in [0.15, 0.2) is 0 Å². The van der Waals surface area contributed by atoms with Gasteiger partial charge in [0.25, 0.3) is 0 Å². The third-order valence-electron chi connectivity index (χ3n) is 6.72. The molecule has 0 amide bonds. The van der Waals surface area contributed by atoms with Crippen LogP contribution < -0.4 is 10.2 Å². The molecule has 0 unspecified atom stereocenters. The number of nitrogens with one attached hydrogen (secondary N) is 1. The Morgan fingerprint density at radius 1 is 1.19 bits per heavy atom. The molecule has 2 saturated heterocycles. The predicted molar refractivity (Wildman–Crippen MR) is 109 cm³/mol. The quantitative estimate of drug-likeness (QED) is 0.852. The average molecular weight is 373 g/mol. The maximum absolute atomic E-state index is 6.29. The van der Waals surface area contributed by atoms with Crippen LogP contribution in [-0.4, -0.2) is 47.3 Å². The number of aryl methyl sites for hydroxylation is 2. The Bertz CT molecular complexity index is 621. The largest absolute Gasteiger partial charge is 0.373 e. The van der Waals surface area contributed by atoms with E-state index in [0.717, 1.165) is 38.4 Å². The van der Waals surface area contributed by atoms with Crippen LogP contribution in [0.4, 0.5) is 5.82 Å². The highest BCUT2D eigenvalue weighted by molar-refractivity contribution is 5.46. The molecule has 3 heterocycles. The molecule has 3 aliphatic rings. The van der Waals surface area contributed by atoms with Gasteiger partial charge < -0.3 is 15.0 Å². The van der Waals surface area contributed by atoms with Gasteiger partial charge in [-0.15, -0.1) is 0 Å². The Hall–Kier alpha value is -1.20. The Morgan fingerprint density at radius 2 is 1.96 bits per heavy atom. The molecule has 5 nitrogen and oxygen atoms in total. The Kier molecular flexibility index (Phi) is 5.98.